The van der Waals surface area contributed by atoms with Gasteiger partial charge in [-0.1, -0.05) is 19.9 Å². The highest BCUT2D eigenvalue weighted by atomic mass is 32.2. The summed E-state index contributed by atoms with van der Waals surface area (Å²) in [6.45, 7) is 5.09. The fraction of sp³-hybridized carbons (Fsp3) is 0.611. The molecule has 0 unspecified atom stereocenters. The quantitative estimate of drug-likeness (QED) is 0.734. The number of sulfonamides is 1. The average Bonchev–Trinajstić information content (AvgIpc) is 2.66. The van der Waals surface area contributed by atoms with E-state index in [0.29, 0.717) is 19.2 Å². The highest BCUT2D eigenvalue weighted by Gasteiger charge is 2.34. The van der Waals surface area contributed by atoms with E-state index >= 15 is 0 Å². The Morgan fingerprint density at radius 2 is 1.75 bits per heavy atom. The molecule has 0 spiro atoms. The number of hydrogen-bond acceptors (Lipinski definition) is 4. The molecule has 0 saturated carbocycles. The molecular formula is C18H26F3N3O3S. The number of halogens is 3. The lowest BCUT2D eigenvalue weighted by Gasteiger charge is -2.33. The topological polar surface area (TPSA) is 69.7 Å². The number of rotatable bonds is 7. The van der Waals surface area contributed by atoms with E-state index in [4.69, 9.17) is 0 Å². The number of nitrogens with one attached hydrogen (secondary N) is 1. The van der Waals surface area contributed by atoms with Crippen LogP contribution in [0.2, 0.25) is 0 Å². The van der Waals surface area contributed by atoms with Crippen molar-refractivity contribution in [2.24, 2.45) is 0 Å². The van der Waals surface area contributed by atoms with Gasteiger partial charge in [0.25, 0.3) is 0 Å². The Bertz CT molecular complexity index is 772. The maximum atomic E-state index is 12.9. The van der Waals surface area contributed by atoms with Gasteiger partial charge in [0.15, 0.2) is 0 Å². The summed E-state index contributed by atoms with van der Waals surface area (Å²) in [5.74, 6) is -0.108. The normalized spacial score (nSPS) is 17.1. The molecule has 2 rings (SSSR count). The average molecular weight is 421 g/mol. The Morgan fingerprint density at radius 3 is 2.29 bits per heavy atom. The van der Waals surface area contributed by atoms with E-state index in [1.54, 1.807) is 0 Å². The first kappa shape index (κ1) is 22.6. The molecule has 10 heteroatoms. The maximum Gasteiger partial charge on any atom is 0.416 e. The van der Waals surface area contributed by atoms with Crippen LogP contribution in [0.15, 0.2) is 29.2 Å². The number of piperazine rings is 1. The van der Waals surface area contributed by atoms with E-state index in [0.717, 1.165) is 29.3 Å². The molecular weight excluding hydrogens is 395 g/mol. The zero-order valence-corrected chi connectivity index (χ0v) is 16.8. The number of carbonyl (C=O) groups excluding carboxylic acids is 1. The molecule has 28 heavy (non-hydrogen) atoms. The van der Waals surface area contributed by atoms with Gasteiger partial charge in [-0.3, -0.25) is 9.69 Å². The molecule has 1 aromatic carbocycles. The van der Waals surface area contributed by atoms with Crippen LogP contribution < -0.4 is 5.32 Å². The minimum absolute atomic E-state index is 0.108. The molecule has 1 aliphatic heterocycles. The molecule has 1 N–H and O–H groups in total. The molecule has 1 heterocycles. The molecule has 158 valence electrons. The highest BCUT2D eigenvalue weighted by molar-refractivity contribution is 7.89. The minimum atomic E-state index is -4.60. The molecule has 0 radical (unpaired) electrons. The van der Waals surface area contributed by atoms with E-state index < -0.39 is 21.8 Å². The van der Waals surface area contributed by atoms with Crippen molar-refractivity contribution in [2.75, 3.05) is 32.7 Å². The Morgan fingerprint density at radius 1 is 1.14 bits per heavy atom. The number of benzene rings is 1. The van der Waals surface area contributed by atoms with Crippen molar-refractivity contribution < 1.29 is 26.4 Å². The maximum absolute atomic E-state index is 12.9. The largest absolute Gasteiger partial charge is 0.416 e. The molecule has 6 nitrogen and oxygen atoms in total. The second kappa shape index (κ2) is 9.23. The van der Waals surface area contributed by atoms with Crippen LogP contribution in [0.3, 0.4) is 0 Å². The second-order valence-electron chi connectivity index (χ2n) is 6.79. The lowest BCUT2D eigenvalue weighted by Crippen LogP contribution is -2.51. The van der Waals surface area contributed by atoms with Gasteiger partial charge in [-0.05, 0) is 31.0 Å². The molecule has 1 amide bonds. The predicted molar refractivity (Wildman–Crippen MR) is 99.2 cm³/mol. The fourth-order valence-electron chi connectivity index (χ4n) is 3.08. The van der Waals surface area contributed by atoms with Crippen LogP contribution in [0.25, 0.3) is 0 Å². The summed E-state index contributed by atoms with van der Waals surface area (Å²) in [5, 5.41) is 2.93. The summed E-state index contributed by atoms with van der Waals surface area (Å²) in [6, 6.07) is 3.88. The second-order valence-corrected chi connectivity index (χ2v) is 8.72. The third-order valence-corrected chi connectivity index (χ3v) is 6.74. The van der Waals surface area contributed by atoms with Crippen LogP contribution in [0.5, 0.6) is 0 Å². The predicted octanol–water partition coefficient (Wildman–Crippen LogP) is 2.32. The monoisotopic (exact) mass is 421 g/mol. The van der Waals surface area contributed by atoms with Gasteiger partial charge in [0.05, 0.1) is 17.0 Å². The Labute approximate surface area is 163 Å². The van der Waals surface area contributed by atoms with Crippen molar-refractivity contribution >= 4 is 15.9 Å². The number of alkyl halides is 3. The summed E-state index contributed by atoms with van der Waals surface area (Å²) < 4.78 is 65.1. The van der Waals surface area contributed by atoms with E-state index in [9.17, 15) is 26.4 Å². The van der Waals surface area contributed by atoms with Crippen LogP contribution >= 0.6 is 0 Å². The molecule has 1 aromatic rings. The first-order valence-electron chi connectivity index (χ1n) is 9.27. The number of amides is 1. The fourth-order valence-corrected chi connectivity index (χ4v) is 4.55. The van der Waals surface area contributed by atoms with Gasteiger partial charge in [0.1, 0.15) is 0 Å². The van der Waals surface area contributed by atoms with Crippen molar-refractivity contribution in [3.63, 3.8) is 0 Å². The standard InChI is InChI=1S/C18H26F3N3O3S/c1-3-15(4-2)22-17(25)13-23-8-10-24(11-9-23)28(26,27)16-7-5-6-14(12-16)18(19,20)21/h5-7,12,15H,3-4,8-11,13H2,1-2H3,(H,22,25). The van der Waals surface area contributed by atoms with Gasteiger partial charge in [0, 0.05) is 32.2 Å². The summed E-state index contributed by atoms with van der Waals surface area (Å²) in [4.78, 5) is 13.5. The molecule has 0 bridgehead atoms. The SMILES string of the molecule is CCC(CC)NC(=O)CN1CCN(S(=O)(=O)c2cccc(C(F)(F)F)c2)CC1. The van der Waals surface area contributed by atoms with Crippen LogP contribution in [-0.4, -0.2) is 62.3 Å². The van der Waals surface area contributed by atoms with E-state index in [-0.39, 0.29) is 36.5 Å². The number of carbonyl (C=O) groups is 1. The summed E-state index contributed by atoms with van der Waals surface area (Å²) in [7, 11) is -4.02. The number of nitrogens with zero attached hydrogens (tertiary/aromatic N) is 2. The Hall–Kier alpha value is -1.65. The van der Waals surface area contributed by atoms with Gasteiger partial charge in [-0.25, -0.2) is 8.42 Å². The molecule has 0 aromatic heterocycles. The molecule has 1 aliphatic rings. The molecule has 1 saturated heterocycles. The van der Waals surface area contributed by atoms with E-state index in [1.165, 1.54) is 6.07 Å². The lowest BCUT2D eigenvalue weighted by molar-refractivity contribution is -0.137. The first-order chi connectivity index (χ1) is 13.1. The van der Waals surface area contributed by atoms with Gasteiger partial charge < -0.3 is 5.32 Å². The van der Waals surface area contributed by atoms with Gasteiger partial charge >= 0.3 is 6.18 Å². The summed E-state index contributed by atoms with van der Waals surface area (Å²) in [6.07, 6.45) is -2.93. The summed E-state index contributed by atoms with van der Waals surface area (Å²) in [5.41, 5.74) is -0.995. The Kier molecular flexibility index (Phi) is 7.46. The smallest absolute Gasteiger partial charge is 0.352 e. The molecule has 0 atom stereocenters. The molecule has 1 fully saturated rings. The van der Waals surface area contributed by atoms with Crippen LogP contribution in [-0.2, 0) is 21.0 Å². The van der Waals surface area contributed by atoms with Crippen molar-refractivity contribution in [3.05, 3.63) is 29.8 Å². The third kappa shape index (κ3) is 5.68. The zero-order valence-electron chi connectivity index (χ0n) is 16.0. The van der Waals surface area contributed by atoms with Crippen molar-refractivity contribution in [3.8, 4) is 0 Å². The van der Waals surface area contributed by atoms with Gasteiger partial charge in [0.2, 0.25) is 15.9 Å². The number of hydrogen-bond donors (Lipinski definition) is 1. The third-order valence-electron chi connectivity index (χ3n) is 4.85. The van der Waals surface area contributed by atoms with Gasteiger partial charge in [-0.2, -0.15) is 17.5 Å². The molecule has 0 aliphatic carbocycles. The van der Waals surface area contributed by atoms with Crippen molar-refractivity contribution in [1.82, 2.24) is 14.5 Å². The van der Waals surface area contributed by atoms with Crippen molar-refractivity contribution in [2.45, 2.75) is 43.8 Å². The first-order valence-corrected chi connectivity index (χ1v) is 10.7. The highest BCUT2D eigenvalue weighted by Crippen LogP contribution is 2.31. The van der Waals surface area contributed by atoms with Crippen LogP contribution in [0, 0.1) is 0 Å². The van der Waals surface area contributed by atoms with E-state index in [2.05, 4.69) is 5.32 Å². The van der Waals surface area contributed by atoms with Crippen LogP contribution in [0.1, 0.15) is 32.3 Å². The Balaban J connectivity index is 1.98. The minimum Gasteiger partial charge on any atom is -0.352 e. The summed E-state index contributed by atoms with van der Waals surface area (Å²) >= 11 is 0. The lowest BCUT2D eigenvalue weighted by atomic mass is 10.2. The van der Waals surface area contributed by atoms with E-state index in [1.807, 2.05) is 18.7 Å². The van der Waals surface area contributed by atoms with Crippen molar-refractivity contribution in [1.29, 1.82) is 0 Å². The van der Waals surface area contributed by atoms with Gasteiger partial charge in [-0.15, -0.1) is 0 Å². The van der Waals surface area contributed by atoms with Crippen LogP contribution in [0.4, 0.5) is 13.2 Å². The zero-order chi connectivity index (χ0) is 20.9.